The van der Waals surface area contributed by atoms with Crippen LogP contribution in [0.5, 0.6) is 11.5 Å². The van der Waals surface area contributed by atoms with E-state index in [4.69, 9.17) is 4.74 Å². The van der Waals surface area contributed by atoms with Crippen molar-refractivity contribution in [1.29, 1.82) is 0 Å². The van der Waals surface area contributed by atoms with Crippen molar-refractivity contribution >= 4 is 24.5 Å². The maximum atomic E-state index is 12.1. The van der Waals surface area contributed by atoms with Crippen LogP contribution in [0.4, 0.5) is 0 Å². The van der Waals surface area contributed by atoms with Gasteiger partial charge in [0.25, 0.3) is 0 Å². The first kappa shape index (κ1) is 21.9. The highest BCUT2D eigenvalue weighted by atomic mass is 16.5. The molecule has 2 N–H and O–H groups in total. The summed E-state index contributed by atoms with van der Waals surface area (Å²) in [4.78, 5) is 46.4. The van der Waals surface area contributed by atoms with Crippen molar-refractivity contribution in [3.63, 3.8) is 0 Å². The fraction of sp³-hybridized carbons (Fsp3) is 0.368. The molecule has 0 amide bonds. The zero-order chi connectivity index (χ0) is 20.4. The van der Waals surface area contributed by atoms with Crippen LogP contribution in [0.3, 0.4) is 0 Å². The summed E-state index contributed by atoms with van der Waals surface area (Å²) >= 11 is 0. The molecular weight excluding hydrogens is 356 g/mol. The lowest BCUT2D eigenvalue weighted by atomic mass is 9.84. The van der Waals surface area contributed by atoms with Crippen molar-refractivity contribution in [2.45, 2.75) is 19.8 Å². The first-order valence-electron chi connectivity index (χ1n) is 8.18. The summed E-state index contributed by atoms with van der Waals surface area (Å²) < 4.78 is 9.65. The van der Waals surface area contributed by atoms with Gasteiger partial charge in [0.2, 0.25) is 0 Å². The van der Waals surface area contributed by atoms with E-state index in [0.29, 0.717) is 18.1 Å². The average Bonchev–Trinajstić information content (AvgIpc) is 2.65. The summed E-state index contributed by atoms with van der Waals surface area (Å²) in [5.74, 6) is -4.36. The van der Waals surface area contributed by atoms with E-state index < -0.39 is 23.8 Å². The Labute approximate surface area is 156 Å². The van der Waals surface area contributed by atoms with E-state index >= 15 is 0 Å². The number of carbonyl (C=O) groups excluding carboxylic acids is 4. The van der Waals surface area contributed by atoms with Gasteiger partial charge in [-0.3, -0.25) is 14.4 Å². The van der Waals surface area contributed by atoms with Crippen LogP contribution in [-0.4, -0.2) is 48.4 Å². The van der Waals surface area contributed by atoms with Crippen LogP contribution in [0.25, 0.3) is 0 Å². The summed E-state index contributed by atoms with van der Waals surface area (Å²) in [7, 11) is 1.11. The van der Waals surface area contributed by atoms with Crippen LogP contribution in [0.2, 0.25) is 0 Å². The average molecular weight is 378 g/mol. The molecule has 0 aliphatic carbocycles. The predicted octanol–water partition coefficient (Wildman–Crippen LogP) is 1.32. The number of rotatable bonds is 10. The largest absolute Gasteiger partial charge is 0.504 e. The third-order valence-corrected chi connectivity index (χ3v) is 4.03. The van der Waals surface area contributed by atoms with Crippen LogP contribution < -0.4 is 0 Å². The van der Waals surface area contributed by atoms with E-state index in [0.717, 1.165) is 7.11 Å². The molecule has 1 aromatic carbocycles. The molecule has 27 heavy (non-hydrogen) atoms. The number of hydrogen-bond acceptors (Lipinski definition) is 8. The maximum Gasteiger partial charge on any atom is 0.316 e. The molecule has 0 saturated carbocycles. The summed E-state index contributed by atoms with van der Waals surface area (Å²) in [6.07, 6.45) is 2.18. The Kier molecular flexibility index (Phi) is 8.71. The van der Waals surface area contributed by atoms with Gasteiger partial charge >= 0.3 is 11.9 Å². The highest BCUT2D eigenvalue weighted by Gasteiger charge is 2.33. The van der Waals surface area contributed by atoms with E-state index in [1.807, 2.05) is 0 Å². The van der Waals surface area contributed by atoms with Crippen molar-refractivity contribution < 1.29 is 38.9 Å². The van der Waals surface area contributed by atoms with Crippen LogP contribution in [0.1, 0.15) is 18.9 Å². The quantitative estimate of drug-likeness (QED) is 0.205. The van der Waals surface area contributed by atoms with Gasteiger partial charge in [0, 0.05) is 12.3 Å². The lowest BCUT2D eigenvalue weighted by molar-refractivity contribution is -0.150. The van der Waals surface area contributed by atoms with Gasteiger partial charge in [0.1, 0.15) is 18.5 Å². The Morgan fingerprint density at radius 1 is 1.19 bits per heavy atom. The van der Waals surface area contributed by atoms with Crippen molar-refractivity contribution in [3.8, 4) is 11.5 Å². The zero-order valence-corrected chi connectivity index (χ0v) is 15.1. The minimum atomic E-state index is -1.30. The zero-order valence-electron chi connectivity index (χ0n) is 15.1. The minimum absolute atomic E-state index is 0.0218. The van der Waals surface area contributed by atoms with Gasteiger partial charge in [-0.1, -0.05) is 12.1 Å². The maximum absolute atomic E-state index is 12.1. The molecule has 1 aromatic rings. The van der Waals surface area contributed by atoms with Gasteiger partial charge in [0.15, 0.2) is 11.5 Å². The SMILES string of the molecule is CC=C(C=O)[C@@H](CC(=O)OCCc1ccc(O)c(O)c1)[C@@H](C=O)C(=O)OC. The number of aromatic hydroxyl groups is 2. The van der Waals surface area contributed by atoms with Crippen molar-refractivity contribution in [1.82, 2.24) is 0 Å². The molecule has 146 valence electrons. The summed E-state index contributed by atoms with van der Waals surface area (Å²) in [6.45, 7) is 1.53. The number of carbonyl (C=O) groups is 4. The van der Waals surface area contributed by atoms with Crippen LogP contribution >= 0.6 is 0 Å². The van der Waals surface area contributed by atoms with E-state index in [2.05, 4.69) is 4.74 Å². The van der Waals surface area contributed by atoms with Crippen molar-refractivity contribution in [3.05, 3.63) is 35.4 Å². The van der Waals surface area contributed by atoms with Gasteiger partial charge in [-0.25, -0.2) is 0 Å². The number of hydrogen-bond donors (Lipinski definition) is 2. The second kappa shape index (κ2) is 10.7. The summed E-state index contributed by atoms with van der Waals surface area (Å²) in [6, 6.07) is 4.22. The summed E-state index contributed by atoms with van der Waals surface area (Å²) in [5.41, 5.74) is 0.759. The molecule has 1 rings (SSSR count). The van der Waals surface area contributed by atoms with Crippen LogP contribution in [0.15, 0.2) is 29.8 Å². The molecule has 0 aliphatic rings. The van der Waals surface area contributed by atoms with E-state index in [9.17, 15) is 29.4 Å². The number of phenols is 2. The highest BCUT2D eigenvalue weighted by molar-refractivity contribution is 5.91. The number of benzene rings is 1. The van der Waals surface area contributed by atoms with Gasteiger partial charge < -0.3 is 24.5 Å². The number of methoxy groups -OCH3 is 1. The molecule has 0 heterocycles. The van der Waals surface area contributed by atoms with Gasteiger partial charge in [0.05, 0.1) is 20.1 Å². The fourth-order valence-electron chi connectivity index (χ4n) is 2.52. The van der Waals surface area contributed by atoms with E-state index in [1.165, 1.54) is 18.2 Å². The molecule has 0 radical (unpaired) electrons. The number of esters is 2. The molecule has 0 aromatic heterocycles. The third kappa shape index (κ3) is 6.25. The number of aldehydes is 2. The molecule has 0 bridgehead atoms. The normalized spacial score (nSPS) is 13.3. The molecular formula is C19H22O8. The monoisotopic (exact) mass is 378 g/mol. The Bertz CT molecular complexity index is 722. The first-order valence-corrected chi connectivity index (χ1v) is 8.18. The number of allylic oxidation sites excluding steroid dienone is 2. The van der Waals surface area contributed by atoms with E-state index in [1.54, 1.807) is 13.0 Å². The third-order valence-electron chi connectivity index (χ3n) is 4.03. The number of ether oxygens (including phenoxy) is 2. The number of phenolic OH excluding ortho intramolecular Hbond substituents is 2. The van der Waals surface area contributed by atoms with Crippen LogP contribution in [0, 0.1) is 11.8 Å². The molecule has 0 saturated heterocycles. The molecule has 0 fully saturated rings. The second-order valence-electron chi connectivity index (χ2n) is 5.70. The molecule has 8 nitrogen and oxygen atoms in total. The molecule has 0 aliphatic heterocycles. The lowest BCUT2D eigenvalue weighted by Gasteiger charge is -2.20. The molecule has 8 heteroatoms. The Morgan fingerprint density at radius 2 is 1.89 bits per heavy atom. The Hall–Kier alpha value is -3.16. The second-order valence-corrected chi connectivity index (χ2v) is 5.70. The van der Waals surface area contributed by atoms with Gasteiger partial charge in [-0.15, -0.1) is 0 Å². The lowest BCUT2D eigenvalue weighted by Crippen LogP contribution is -2.30. The van der Waals surface area contributed by atoms with Crippen molar-refractivity contribution in [2.75, 3.05) is 13.7 Å². The predicted molar refractivity (Wildman–Crippen MR) is 93.9 cm³/mol. The topological polar surface area (TPSA) is 127 Å². The highest BCUT2D eigenvalue weighted by Crippen LogP contribution is 2.26. The minimum Gasteiger partial charge on any atom is -0.504 e. The molecule has 0 unspecified atom stereocenters. The summed E-state index contributed by atoms with van der Waals surface area (Å²) in [5, 5.41) is 18.7. The van der Waals surface area contributed by atoms with Crippen LogP contribution in [-0.2, 0) is 35.1 Å². The molecule has 2 atom stereocenters. The standard InChI is InChI=1S/C19H22O8/c1-3-13(10-20)14(15(11-21)19(25)26-2)9-18(24)27-7-6-12-4-5-16(22)17(23)8-12/h3-5,8,10-11,14-15,22-23H,6-7,9H2,1-2H3/t14-,15-/m1/s1. The van der Waals surface area contributed by atoms with E-state index in [-0.39, 0.29) is 36.5 Å². The molecule has 0 spiro atoms. The van der Waals surface area contributed by atoms with Gasteiger partial charge in [-0.2, -0.15) is 0 Å². The smallest absolute Gasteiger partial charge is 0.316 e. The Balaban J connectivity index is 2.75. The fourth-order valence-corrected chi connectivity index (χ4v) is 2.52. The first-order chi connectivity index (χ1) is 12.9. The Morgan fingerprint density at radius 3 is 2.41 bits per heavy atom. The van der Waals surface area contributed by atoms with Crippen molar-refractivity contribution in [2.24, 2.45) is 11.8 Å². The van der Waals surface area contributed by atoms with Gasteiger partial charge in [-0.05, 0) is 30.2 Å².